The van der Waals surface area contributed by atoms with Crippen molar-refractivity contribution in [1.29, 1.82) is 0 Å². The van der Waals surface area contributed by atoms with Crippen LogP contribution in [0.15, 0.2) is 24.3 Å². The molecule has 1 amide bonds. The first-order chi connectivity index (χ1) is 13.7. The summed E-state index contributed by atoms with van der Waals surface area (Å²) in [5.74, 6) is -0.413. The second-order valence-corrected chi connectivity index (χ2v) is 8.09. The van der Waals surface area contributed by atoms with E-state index in [2.05, 4.69) is 11.8 Å². The highest BCUT2D eigenvalue weighted by Crippen LogP contribution is 2.16. The van der Waals surface area contributed by atoms with Gasteiger partial charge in [0, 0.05) is 39.0 Å². The highest BCUT2D eigenvalue weighted by atomic mass is 16.6. The SMILES string of the molecule is CCN(CCCOC)CCN(C=O)c1ccc(CC(N)C(=O)OC(C)(C)C)cc1. The molecule has 0 radical (unpaired) electrons. The van der Waals surface area contributed by atoms with Crippen molar-refractivity contribution in [1.82, 2.24) is 4.90 Å². The number of nitrogens with two attached hydrogens (primary N) is 1. The second-order valence-electron chi connectivity index (χ2n) is 8.09. The molecule has 1 aromatic carbocycles. The van der Waals surface area contributed by atoms with Gasteiger partial charge in [-0.15, -0.1) is 0 Å². The summed E-state index contributed by atoms with van der Waals surface area (Å²) in [6.07, 6.45) is 2.21. The Morgan fingerprint density at radius 2 is 1.83 bits per heavy atom. The molecule has 1 atom stereocenters. The van der Waals surface area contributed by atoms with Gasteiger partial charge in [0.25, 0.3) is 0 Å². The number of carbonyl (C=O) groups excluding carboxylic acids is 2. The molecule has 0 aromatic heterocycles. The molecule has 0 aliphatic rings. The van der Waals surface area contributed by atoms with Crippen molar-refractivity contribution in [2.75, 3.05) is 44.8 Å². The van der Waals surface area contributed by atoms with Gasteiger partial charge < -0.3 is 25.0 Å². The van der Waals surface area contributed by atoms with Crippen LogP contribution in [0.1, 0.15) is 39.7 Å². The van der Waals surface area contributed by atoms with Gasteiger partial charge in [0.1, 0.15) is 11.6 Å². The van der Waals surface area contributed by atoms with Crippen LogP contribution in [0.25, 0.3) is 0 Å². The topological polar surface area (TPSA) is 85.1 Å². The lowest BCUT2D eigenvalue weighted by atomic mass is 10.1. The molecule has 0 aliphatic carbocycles. The van der Waals surface area contributed by atoms with Gasteiger partial charge in [-0.25, -0.2) is 0 Å². The minimum Gasteiger partial charge on any atom is -0.459 e. The number of anilines is 1. The number of likely N-dealkylation sites (N-methyl/N-ethyl adjacent to an activating group) is 1. The Bertz CT molecular complexity index is 613. The maximum Gasteiger partial charge on any atom is 0.323 e. The zero-order valence-electron chi connectivity index (χ0n) is 18.5. The third-order valence-corrected chi connectivity index (χ3v) is 4.49. The molecule has 0 saturated heterocycles. The molecule has 0 heterocycles. The van der Waals surface area contributed by atoms with E-state index in [0.29, 0.717) is 13.0 Å². The number of esters is 1. The average molecular weight is 408 g/mol. The number of rotatable bonds is 13. The Hall–Kier alpha value is -1.96. The van der Waals surface area contributed by atoms with Gasteiger partial charge in [-0.05, 0) is 57.9 Å². The number of hydrogen-bond donors (Lipinski definition) is 1. The molecule has 7 nitrogen and oxygen atoms in total. The molecule has 0 fully saturated rings. The standard InChI is InChI=1S/C22H37N3O4/c1-6-24(12-7-15-28-5)13-14-25(17-26)19-10-8-18(9-11-19)16-20(23)21(27)29-22(2,3)4/h8-11,17,20H,6-7,12-16,23H2,1-5H3. The predicted molar refractivity (Wildman–Crippen MR) is 116 cm³/mol. The van der Waals surface area contributed by atoms with Crippen molar-refractivity contribution >= 4 is 18.1 Å². The lowest BCUT2D eigenvalue weighted by Gasteiger charge is -2.25. The Balaban J connectivity index is 2.61. The number of amides is 1. The van der Waals surface area contributed by atoms with Crippen molar-refractivity contribution in [3.63, 3.8) is 0 Å². The summed E-state index contributed by atoms with van der Waals surface area (Å²) in [6, 6.07) is 6.84. The smallest absolute Gasteiger partial charge is 0.323 e. The first kappa shape index (κ1) is 25.1. The molecule has 2 N–H and O–H groups in total. The number of benzene rings is 1. The normalized spacial score (nSPS) is 12.7. The van der Waals surface area contributed by atoms with Gasteiger partial charge in [-0.3, -0.25) is 9.59 Å². The van der Waals surface area contributed by atoms with Gasteiger partial charge in [-0.2, -0.15) is 0 Å². The van der Waals surface area contributed by atoms with Crippen molar-refractivity contribution in [2.45, 2.75) is 52.2 Å². The molecule has 1 rings (SSSR count). The molecular weight excluding hydrogens is 370 g/mol. The molecule has 0 saturated carbocycles. The minimum atomic E-state index is -0.715. The minimum absolute atomic E-state index is 0.388. The van der Waals surface area contributed by atoms with Crippen LogP contribution in [0.4, 0.5) is 5.69 Å². The van der Waals surface area contributed by atoms with Crippen LogP contribution in [-0.2, 0) is 25.5 Å². The van der Waals surface area contributed by atoms with Crippen LogP contribution in [0.2, 0.25) is 0 Å². The van der Waals surface area contributed by atoms with E-state index < -0.39 is 17.6 Å². The third kappa shape index (κ3) is 9.87. The maximum atomic E-state index is 12.0. The van der Waals surface area contributed by atoms with Crippen LogP contribution >= 0.6 is 0 Å². The number of carbonyl (C=O) groups is 2. The molecule has 0 bridgehead atoms. The fourth-order valence-corrected chi connectivity index (χ4v) is 2.89. The molecule has 0 spiro atoms. The van der Waals surface area contributed by atoms with E-state index in [1.54, 1.807) is 12.0 Å². The number of methoxy groups -OCH3 is 1. The van der Waals surface area contributed by atoms with Crippen molar-refractivity contribution in [3.05, 3.63) is 29.8 Å². The number of ether oxygens (including phenoxy) is 2. The van der Waals surface area contributed by atoms with Crippen molar-refractivity contribution in [2.24, 2.45) is 5.73 Å². The van der Waals surface area contributed by atoms with Gasteiger partial charge in [0.15, 0.2) is 0 Å². The van der Waals surface area contributed by atoms with Crippen molar-refractivity contribution < 1.29 is 19.1 Å². The Labute approximate surface area is 175 Å². The van der Waals surface area contributed by atoms with Crippen LogP contribution in [0, 0.1) is 0 Å². The van der Waals surface area contributed by atoms with Crippen LogP contribution in [0.5, 0.6) is 0 Å². The lowest BCUT2D eigenvalue weighted by Crippen LogP contribution is -2.38. The largest absolute Gasteiger partial charge is 0.459 e. The van der Waals surface area contributed by atoms with Gasteiger partial charge in [0.05, 0.1) is 0 Å². The Kier molecular flexibility index (Phi) is 10.9. The number of nitrogens with zero attached hydrogens (tertiary/aromatic N) is 2. The van der Waals surface area contributed by atoms with E-state index in [-0.39, 0.29) is 0 Å². The summed E-state index contributed by atoms with van der Waals surface area (Å²) >= 11 is 0. The van der Waals surface area contributed by atoms with E-state index in [1.165, 1.54) is 0 Å². The monoisotopic (exact) mass is 407 g/mol. The Morgan fingerprint density at radius 1 is 1.17 bits per heavy atom. The van der Waals surface area contributed by atoms with Gasteiger partial charge >= 0.3 is 5.97 Å². The first-order valence-electron chi connectivity index (χ1n) is 10.2. The third-order valence-electron chi connectivity index (χ3n) is 4.49. The summed E-state index contributed by atoms with van der Waals surface area (Å²) in [5, 5.41) is 0. The predicted octanol–water partition coefficient (Wildman–Crippen LogP) is 2.22. The number of hydrogen-bond acceptors (Lipinski definition) is 6. The zero-order valence-corrected chi connectivity index (χ0v) is 18.5. The molecule has 1 aromatic rings. The summed E-state index contributed by atoms with van der Waals surface area (Å²) < 4.78 is 10.4. The average Bonchev–Trinajstić information content (AvgIpc) is 2.66. The maximum absolute atomic E-state index is 12.0. The fourth-order valence-electron chi connectivity index (χ4n) is 2.89. The van der Waals surface area contributed by atoms with E-state index in [9.17, 15) is 9.59 Å². The molecule has 29 heavy (non-hydrogen) atoms. The highest BCUT2D eigenvalue weighted by Gasteiger charge is 2.22. The van der Waals surface area contributed by atoms with Gasteiger partial charge in [0.2, 0.25) is 6.41 Å². The molecule has 164 valence electrons. The van der Waals surface area contributed by atoms with Crippen LogP contribution in [0.3, 0.4) is 0 Å². The molecule has 7 heteroatoms. The second kappa shape index (κ2) is 12.6. The molecule has 1 unspecified atom stereocenters. The molecule has 0 aliphatic heterocycles. The zero-order chi connectivity index (χ0) is 21.9. The van der Waals surface area contributed by atoms with E-state index in [4.69, 9.17) is 15.2 Å². The highest BCUT2D eigenvalue weighted by molar-refractivity contribution is 5.77. The van der Waals surface area contributed by atoms with E-state index in [1.807, 2.05) is 45.0 Å². The van der Waals surface area contributed by atoms with E-state index in [0.717, 1.165) is 50.3 Å². The summed E-state index contributed by atoms with van der Waals surface area (Å²) in [7, 11) is 1.70. The lowest BCUT2D eigenvalue weighted by molar-refractivity contribution is -0.156. The van der Waals surface area contributed by atoms with Crippen molar-refractivity contribution in [3.8, 4) is 0 Å². The fraction of sp³-hybridized carbons (Fsp3) is 0.636. The summed E-state index contributed by atoms with van der Waals surface area (Å²) in [5.41, 5.74) is 7.16. The first-order valence-corrected chi connectivity index (χ1v) is 10.2. The van der Waals surface area contributed by atoms with Gasteiger partial charge in [-0.1, -0.05) is 19.1 Å². The van der Waals surface area contributed by atoms with Crippen LogP contribution in [-0.4, -0.2) is 68.8 Å². The molecular formula is C22H37N3O4. The van der Waals surface area contributed by atoms with Crippen LogP contribution < -0.4 is 10.6 Å². The van der Waals surface area contributed by atoms with E-state index >= 15 is 0 Å². The Morgan fingerprint density at radius 3 is 2.34 bits per heavy atom. The summed E-state index contributed by atoms with van der Waals surface area (Å²) in [4.78, 5) is 27.6. The quantitative estimate of drug-likeness (QED) is 0.307. The summed E-state index contributed by atoms with van der Waals surface area (Å²) in [6.45, 7) is 11.6.